The van der Waals surface area contributed by atoms with Crippen LogP contribution >= 0.6 is 0 Å². The van der Waals surface area contributed by atoms with E-state index in [-0.39, 0.29) is 22.5 Å². The van der Waals surface area contributed by atoms with Crippen molar-refractivity contribution in [3.05, 3.63) is 0 Å². The molecule has 0 aromatic carbocycles. The second-order valence-corrected chi connectivity index (χ2v) is 5.76. The minimum atomic E-state index is -3.82. The lowest BCUT2D eigenvalue weighted by molar-refractivity contribution is -0.117. The molecule has 2 atom stereocenters. The van der Waals surface area contributed by atoms with Gasteiger partial charge in [0.2, 0.25) is 0 Å². The van der Waals surface area contributed by atoms with Gasteiger partial charge >= 0.3 is 6.09 Å². The highest BCUT2D eigenvalue weighted by molar-refractivity contribution is 7.88. The quantitative estimate of drug-likeness (QED) is 0.407. The zero-order valence-corrected chi connectivity index (χ0v) is 9.86. The summed E-state index contributed by atoms with van der Waals surface area (Å²) in [5, 5.41) is 0. The zero-order chi connectivity index (χ0) is 12.5. The van der Waals surface area contributed by atoms with Crippen LogP contribution in [-0.2, 0) is 19.6 Å². The second-order valence-electron chi connectivity index (χ2n) is 3.91. The molecular formula is C8H14N2O5S. The van der Waals surface area contributed by atoms with Crippen LogP contribution in [0.1, 0.15) is 19.8 Å². The largest absolute Gasteiger partial charge is 0.444 e. The molecule has 0 heterocycles. The molecule has 1 rings (SSSR count). The highest BCUT2D eigenvalue weighted by atomic mass is 32.2. The first kappa shape index (κ1) is 12.9. The van der Waals surface area contributed by atoms with Gasteiger partial charge in [0, 0.05) is 18.8 Å². The fraction of sp³-hybridized carbons (Fsp3) is 0.750. The van der Waals surface area contributed by atoms with Gasteiger partial charge in [-0.1, -0.05) is 6.92 Å². The van der Waals surface area contributed by atoms with Crippen molar-refractivity contribution in [1.29, 1.82) is 0 Å². The Balaban J connectivity index is 2.62. The maximum atomic E-state index is 11.3. The van der Waals surface area contributed by atoms with Gasteiger partial charge in [-0.15, -0.1) is 4.41 Å². The second kappa shape index (κ2) is 4.38. The Bertz CT molecular complexity index is 405. The maximum Gasteiger partial charge on any atom is 0.438 e. The lowest BCUT2D eigenvalue weighted by atomic mass is 10.1. The van der Waals surface area contributed by atoms with Gasteiger partial charge in [0.25, 0.3) is 10.0 Å². The molecule has 7 nitrogen and oxygen atoms in total. The SMILES string of the molecule is CC1CC(=O)CC1OC(=O)N(N)S(C)(=O)=O. The van der Waals surface area contributed by atoms with E-state index in [0.717, 1.165) is 6.26 Å². The standard InChI is InChI=1S/C8H14N2O5S/c1-5-3-6(11)4-7(5)15-8(12)10(9)16(2,13)14/h5,7H,3-4,9H2,1-2H3. The molecule has 2 unspecified atom stereocenters. The van der Waals surface area contributed by atoms with E-state index in [2.05, 4.69) is 0 Å². The number of nitrogens with zero attached hydrogens (tertiary/aromatic N) is 1. The third-order valence-electron chi connectivity index (χ3n) is 2.40. The normalized spacial score (nSPS) is 25.6. The molecular weight excluding hydrogens is 236 g/mol. The summed E-state index contributed by atoms with van der Waals surface area (Å²) in [6, 6.07) is 0. The molecule has 1 amide bonds. The molecule has 1 saturated carbocycles. The van der Waals surface area contributed by atoms with Gasteiger partial charge < -0.3 is 4.74 Å². The molecule has 0 radical (unpaired) electrons. The molecule has 8 heteroatoms. The van der Waals surface area contributed by atoms with Gasteiger partial charge in [-0.25, -0.2) is 19.1 Å². The lowest BCUT2D eigenvalue weighted by Gasteiger charge is -2.19. The van der Waals surface area contributed by atoms with E-state index in [1.807, 2.05) is 0 Å². The fourth-order valence-corrected chi connectivity index (χ4v) is 1.79. The van der Waals surface area contributed by atoms with Crippen LogP contribution in [0.3, 0.4) is 0 Å². The van der Waals surface area contributed by atoms with E-state index in [0.29, 0.717) is 6.42 Å². The third-order valence-corrected chi connectivity index (χ3v) is 3.27. The minimum absolute atomic E-state index is 0.00627. The molecule has 1 fully saturated rings. The van der Waals surface area contributed by atoms with Crippen LogP contribution in [0.15, 0.2) is 0 Å². The average Bonchev–Trinajstić information content (AvgIpc) is 2.42. The molecule has 0 saturated heterocycles. The van der Waals surface area contributed by atoms with Gasteiger partial charge in [0.1, 0.15) is 11.9 Å². The van der Waals surface area contributed by atoms with Crippen LogP contribution in [-0.4, -0.2) is 37.1 Å². The Hall–Kier alpha value is -1.15. The Morgan fingerprint density at radius 3 is 2.44 bits per heavy atom. The maximum absolute atomic E-state index is 11.3. The van der Waals surface area contributed by atoms with Crippen LogP contribution in [0.5, 0.6) is 0 Å². The number of rotatable bonds is 2. The number of sulfonamides is 1. The third kappa shape index (κ3) is 2.92. The summed E-state index contributed by atoms with van der Waals surface area (Å²) >= 11 is 0. The number of amides is 1. The van der Waals surface area contributed by atoms with E-state index >= 15 is 0 Å². The number of hydrogen-bond acceptors (Lipinski definition) is 6. The molecule has 16 heavy (non-hydrogen) atoms. The topological polar surface area (TPSA) is 107 Å². The molecule has 1 aliphatic rings. The van der Waals surface area contributed by atoms with Gasteiger partial charge in [-0.2, -0.15) is 0 Å². The molecule has 0 aliphatic heterocycles. The van der Waals surface area contributed by atoms with Crippen molar-refractivity contribution in [1.82, 2.24) is 4.41 Å². The molecule has 1 aliphatic carbocycles. The Morgan fingerprint density at radius 1 is 1.50 bits per heavy atom. The van der Waals surface area contributed by atoms with Crippen LogP contribution in [0, 0.1) is 5.92 Å². The van der Waals surface area contributed by atoms with E-state index in [4.69, 9.17) is 10.6 Å². The molecule has 2 N–H and O–H groups in total. The summed E-state index contributed by atoms with van der Waals surface area (Å²) in [7, 11) is -3.82. The number of hydrogen-bond donors (Lipinski definition) is 1. The molecule has 0 bridgehead atoms. The van der Waals surface area contributed by atoms with Crippen molar-refractivity contribution in [3.63, 3.8) is 0 Å². The number of carbonyl (C=O) groups is 2. The summed E-state index contributed by atoms with van der Waals surface area (Å²) in [5.41, 5.74) is 0. The molecule has 0 spiro atoms. The summed E-state index contributed by atoms with van der Waals surface area (Å²) < 4.78 is 26.7. The highest BCUT2D eigenvalue weighted by Gasteiger charge is 2.34. The molecule has 92 valence electrons. The summed E-state index contributed by atoms with van der Waals surface area (Å²) in [5.74, 6) is 4.93. The Morgan fingerprint density at radius 2 is 2.06 bits per heavy atom. The number of carbonyl (C=O) groups excluding carboxylic acids is 2. The van der Waals surface area contributed by atoms with E-state index in [1.165, 1.54) is 0 Å². The van der Waals surface area contributed by atoms with Crippen molar-refractivity contribution in [2.45, 2.75) is 25.9 Å². The highest BCUT2D eigenvalue weighted by Crippen LogP contribution is 2.25. The average molecular weight is 250 g/mol. The number of ketones is 1. The van der Waals surface area contributed by atoms with Crippen LogP contribution < -0.4 is 5.84 Å². The van der Waals surface area contributed by atoms with Crippen molar-refractivity contribution in [2.75, 3.05) is 6.26 Å². The molecule has 0 aromatic heterocycles. The van der Waals surface area contributed by atoms with Crippen LogP contribution in [0.4, 0.5) is 4.79 Å². The summed E-state index contributed by atoms with van der Waals surface area (Å²) in [4.78, 5) is 22.3. The van der Waals surface area contributed by atoms with E-state index in [1.54, 1.807) is 6.92 Å². The zero-order valence-electron chi connectivity index (χ0n) is 9.04. The Labute approximate surface area is 93.6 Å². The number of ether oxygens (including phenoxy) is 1. The minimum Gasteiger partial charge on any atom is -0.444 e. The summed E-state index contributed by atoms with van der Waals surface area (Å²) in [6.45, 7) is 1.75. The first-order valence-corrected chi connectivity index (χ1v) is 6.54. The van der Waals surface area contributed by atoms with Gasteiger partial charge in [0.15, 0.2) is 0 Å². The van der Waals surface area contributed by atoms with Crippen molar-refractivity contribution in [2.24, 2.45) is 11.8 Å². The number of Topliss-reactive ketones (excluding diaryl/α,β-unsaturated/α-hetero) is 1. The van der Waals surface area contributed by atoms with Crippen LogP contribution in [0.2, 0.25) is 0 Å². The predicted octanol–water partition coefficient (Wildman–Crippen LogP) is -0.374. The smallest absolute Gasteiger partial charge is 0.438 e. The van der Waals surface area contributed by atoms with Crippen molar-refractivity contribution < 1.29 is 22.7 Å². The number of hydrazine groups is 1. The van der Waals surface area contributed by atoms with Crippen LogP contribution in [0.25, 0.3) is 0 Å². The lowest BCUT2D eigenvalue weighted by Crippen LogP contribution is -2.43. The molecule has 0 aromatic rings. The van der Waals surface area contributed by atoms with E-state index < -0.39 is 22.2 Å². The monoisotopic (exact) mass is 250 g/mol. The van der Waals surface area contributed by atoms with Gasteiger partial charge in [-0.05, 0) is 0 Å². The van der Waals surface area contributed by atoms with E-state index in [9.17, 15) is 18.0 Å². The first-order valence-electron chi connectivity index (χ1n) is 4.69. The van der Waals surface area contributed by atoms with Gasteiger partial charge in [0.05, 0.1) is 6.26 Å². The summed E-state index contributed by atoms with van der Waals surface area (Å²) in [6.07, 6.45) is -0.509. The van der Waals surface area contributed by atoms with Crippen molar-refractivity contribution >= 4 is 21.9 Å². The van der Waals surface area contributed by atoms with Crippen molar-refractivity contribution in [3.8, 4) is 0 Å². The fourth-order valence-electron chi connectivity index (χ4n) is 1.47. The Kier molecular flexibility index (Phi) is 3.54. The number of nitrogens with two attached hydrogens (primary N) is 1. The first-order chi connectivity index (χ1) is 7.21. The van der Waals surface area contributed by atoms with Gasteiger partial charge in [-0.3, -0.25) is 4.79 Å². The predicted molar refractivity (Wildman–Crippen MR) is 54.5 cm³/mol.